The maximum absolute atomic E-state index is 13.0. The highest BCUT2D eigenvalue weighted by Gasteiger charge is 2.19. The number of fused-ring (bicyclic) bond motifs is 1. The molecule has 3 aromatic rings. The van der Waals surface area contributed by atoms with Crippen molar-refractivity contribution in [2.45, 2.75) is 46.2 Å². The SMILES string of the molecule is CCCCN(Cc1nc2ccccc2n1CCC)C(=O)c1ccccc1. The zero-order chi connectivity index (χ0) is 18.4. The molecule has 4 heteroatoms. The zero-order valence-electron chi connectivity index (χ0n) is 15.7. The topological polar surface area (TPSA) is 38.1 Å². The Morgan fingerprint density at radius 1 is 1.00 bits per heavy atom. The second-order valence-corrected chi connectivity index (χ2v) is 6.61. The van der Waals surface area contributed by atoms with Gasteiger partial charge in [0.25, 0.3) is 5.91 Å². The van der Waals surface area contributed by atoms with Gasteiger partial charge in [0, 0.05) is 18.7 Å². The van der Waals surface area contributed by atoms with Crippen LogP contribution in [-0.4, -0.2) is 26.9 Å². The average Bonchev–Trinajstić information content (AvgIpc) is 3.03. The Balaban J connectivity index is 1.92. The number of hydrogen-bond acceptors (Lipinski definition) is 2. The van der Waals surface area contributed by atoms with Crippen molar-refractivity contribution in [1.82, 2.24) is 14.5 Å². The van der Waals surface area contributed by atoms with Crippen molar-refractivity contribution in [3.63, 3.8) is 0 Å². The number of aryl methyl sites for hydroxylation is 1. The molecule has 0 atom stereocenters. The lowest BCUT2D eigenvalue weighted by molar-refractivity contribution is 0.0735. The number of amides is 1. The molecule has 3 rings (SSSR count). The lowest BCUT2D eigenvalue weighted by atomic mass is 10.2. The highest BCUT2D eigenvalue weighted by Crippen LogP contribution is 2.19. The van der Waals surface area contributed by atoms with Crippen LogP contribution in [0.4, 0.5) is 0 Å². The number of imidazole rings is 1. The monoisotopic (exact) mass is 349 g/mol. The van der Waals surface area contributed by atoms with E-state index in [1.54, 1.807) is 0 Å². The molecule has 0 saturated heterocycles. The fourth-order valence-electron chi connectivity index (χ4n) is 3.25. The molecule has 0 aliphatic rings. The minimum Gasteiger partial charge on any atom is -0.331 e. The molecule has 0 spiro atoms. The third kappa shape index (κ3) is 3.96. The van der Waals surface area contributed by atoms with Crippen molar-refractivity contribution in [3.8, 4) is 0 Å². The summed E-state index contributed by atoms with van der Waals surface area (Å²) in [6.07, 6.45) is 3.09. The second kappa shape index (κ2) is 8.65. The molecule has 26 heavy (non-hydrogen) atoms. The molecule has 0 N–H and O–H groups in total. The van der Waals surface area contributed by atoms with Crippen LogP contribution in [0.1, 0.15) is 49.3 Å². The van der Waals surface area contributed by atoms with Crippen molar-refractivity contribution in [1.29, 1.82) is 0 Å². The molecule has 0 saturated carbocycles. The van der Waals surface area contributed by atoms with Gasteiger partial charge in [0.2, 0.25) is 0 Å². The molecular formula is C22H27N3O. The molecule has 4 nitrogen and oxygen atoms in total. The number of aromatic nitrogens is 2. The van der Waals surface area contributed by atoms with E-state index in [2.05, 4.69) is 24.5 Å². The van der Waals surface area contributed by atoms with Gasteiger partial charge in [-0.1, -0.05) is 50.6 Å². The molecule has 2 aromatic carbocycles. The molecule has 0 aliphatic heterocycles. The number of benzene rings is 2. The first-order valence-corrected chi connectivity index (χ1v) is 9.53. The van der Waals surface area contributed by atoms with Crippen LogP contribution in [-0.2, 0) is 13.1 Å². The highest BCUT2D eigenvalue weighted by atomic mass is 16.2. The molecule has 1 amide bonds. The van der Waals surface area contributed by atoms with Gasteiger partial charge in [-0.3, -0.25) is 4.79 Å². The minimum atomic E-state index is 0.0779. The maximum Gasteiger partial charge on any atom is 0.254 e. The van der Waals surface area contributed by atoms with Crippen molar-refractivity contribution < 1.29 is 4.79 Å². The quantitative estimate of drug-likeness (QED) is 0.581. The van der Waals surface area contributed by atoms with E-state index >= 15 is 0 Å². The van der Waals surface area contributed by atoms with Crippen molar-refractivity contribution in [3.05, 3.63) is 66.0 Å². The van der Waals surface area contributed by atoms with Crippen LogP contribution in [0.3, 0.4) is 0 Å². The van der Waals surface area contributed by atoms with E-state index in [4.69, 9.17) is 4.98 Å². The summed E-state index contributed by atoms with van der Waals surface area (Å²) in [7, 11) is 0. The van der Waals surface area contributed by atoms with Crippen molar-refractivity contribution in [2.24, 2.45) is 0 Å². The summed E-state index contributed by atoms with van der Waals surface area (Å²) in [4.78, 5) is 19.8. The summed E-state index contributed by atoms with van der Waals surface area (Å²) in [6, 6.07) is 17.7. The standard InChI is InChI=1S/C22H27N3O/c1-3-5-16-24(22(26)18-11-7-6-8-12-18)17-21-23-19-13-9-10-14-20(19)25(21)15-4-2/h6-14H,3-5,15-17H2,1-2H3. The van der Waals surface area contributed by atoms with E-state index in [0.29, 0.717) is 6.54 Å². The Hall–Kier alpha value is -2.62. The fraction of sp³-hybridized carbons (Fsp3) is 0.364. The van der Waals surface area contributed by atoms with Gasteiger partial charge in [0.1, 0.15) is 5.82 Å². The predicted octanol–water partition coefficient (Wildman–Crippen LogP) is 4.89. The van der Waals surface area contributed by atoms with Crippen LogP contribution in [0.2, 0.25) is 0 Å². The molecule has 0 aliphatic carbocycles. The van der Waals surface area contributed by atoms with E-state index in [-0.39, 0.29) is 5.91 Å². The largest absolute Gasteiger partial charge is 0.331 e. The van der Waals surface area contributed by atoms with Gasteiger partial charge in [0.05, 0.1) is 17.6 Å². The zero-order valence-corrected chi connectivity index (χ0v) is 15.7. The van der Waals surface area contributed by atoms with Crippen LogP contribution >= 0.6 is 0 Å². The highest BCUT2D eigenvalue weighted by molar-refractivity contribution is 5.94. The molecule has 0 bridgehead atoms. The van der Waals surface area contributed by atoms with Gasteiger partial charge >= 0.3 is 0 Å². The maximum atomic E-state index is 13.0. The summed E-state index contributed by atoms with van der Waals surface area (Å²) < 4.78 is 2.26. The molecular weight excluding hydrogens is 322 g/mol. The summed E-state index contributed by atoms with van der Waals surface area (Å²) in [5, 5.41) is 0. The number of unbranched alkanes of at least 4 members (excludes halogenated alkanes) is 1. The van der Waals surface area contributed by atoms with E-state index in [1.807, 2.05) is 53.4 Å². The van der Waals surface area contributed by atoms with Gasteiger partial charge in [-0.25, -0.2) is 4.98 Å². The van der Waals surface area contributed by atoms with Crippen LogP contribution < -0.4 is 0 Å². The summed E-state index contributed by atoms with van der Waals surface area (Å²) in [5.41, 5.74) is 2.88. The Morgan fingerprint density at radius 3 is 2.46 bits per heavy atom. The van der Waals surface area contributed by atoms with E-state index in [0.717, 1.165) is 54.8 Å². The fourth-order valence-corrected chi connectivity index (χ4v) is 3.25. The van der Waals surface area contributed by atoms with Gasteiger partial charge in [-0.15, -0.1) is 0 Å². The molecule has 0 unspecified atom stereocenters. The lowest BCUT2D eigenvalue weighted by Gasteiger charge is -2.23. The van der Waals surface area contributed by atoms with E-state index in [9.17, 15) is 4.79 Å². The van der Waals surface area contributed by atoms with Gasteiger partial charge in [-0.05, 0) is 37.1 Å². The minimum absolute atomic E-state index is 0.0779. The average molecular weight is 349 g/mol. The number of carbonyl (C=O) groups excluding carboxylic acids is 1. The molecule has 1 heterocycles. The Kier molecular flexibility index (Phi) is 6.05. The number of para-hydroxylation sites is 2. The first-order chi connectivity index (χ1) is 12.7. The van der Waals surface area contributed by atoms with Crippen LogP contribution in [0.5, 0.6) is 0 Å². The second-order valence-electron chi connectivity index (χ2n) is 6.61. The third-order valence-electron chi connectivity index (χ3n) is 4.60. The van der Waals surface area contributed by atoms with Gasteiger partial charge in [-0.2, -0.15) is 0 Å². The number of nitrogens with zero attached hydrogens (tertiary/aromatic N) is 3. The lowest BCUT2D eigenvalue weighted by Crippen LogP contribution is -2.32. The van der Waals surface area contributed by atoms with Crippen LogP contribution in [0.25, 0.3) is 11.0 Å². The number of hydrogen-bond donors (Lipinski definition) is 0. The Morgan fingerprint density at radius 2 is 1.73 bits per heavy atom. The van der Waals surface area contributed by atoms with Crippen molar-refractivity contribution >= 4 is 16.9 Å². The molecule has 1 aromatic heterocycles. The first kappa shape index (κ1) is 18.2. The normalized spacial score (nSPS) is 11.0. The van der Waals surface area contributed by atoms with Crippen LogP contribution in [0.15, 0.2) is 54.6 Å². The molecule has 0 radical (unpaired) electrons. The summed E-state index contributed by atoms with van der Waals surface area (Å²) >= 11 is 0. The van der Waals surface area contributed by atoms with E-state index in [1.165, 1.54) is 0 Å². The Bertz CT molecular complexity index is 854. The summed E-state index contributed by atoms with van der Waals surface area (Å²) in [6.45, 7) is 6.53. The number of carbonyl (C=O) groups is 1. The van der Waals surface area contributed by atoms with Gasteiger partial charge in [0.15, 0.2) is 0 Å². The Labute approximate surface area is 155 Å². The predicted molar refractivity (Wildman–Crippen MR) is 106 cm³/mol. The smallest absolute Gasteiger partial charge is 0.254 e. The first-order valence-electron chi connectivity index (χ1n) is 9.53. The number of rotatable bonds is 8. The van der Waals surface area contributed by atoms with Crippen molar-refractivity contribution in [2.75, 3.05) is 6.54 Å². The molecule has 136 valence electrons. The summed E-state index contributed by atoms with van der Waals surface area (Å²) in [5.74, 6) is 1.04. The molecule has 0 fully saturated rings. The van der Waals surface area contributed by atoms with Crippen LogP contribution in [0, 0.1) is 0 Å². The third-order valence-corrected chi connectivity index (χ3v) is 4.60. The van der Waals surface area contributed by atoms with Gasteiger partial charge < -0.3 is 9.47 Å². The van der Waals surface area contributed by atoms with E-state index < -0.39 is 0 Å².